The summed E-state index contributed by atoms with van der Waals surface area (Å²) < 4.78 is 12.1. The molecule has 196 valence electrons. The van der Waals surface area contributed by atoms with Gasteiger partial charge in [0.1, 0.15) is 24.2 Å². The van der Waals surface area contributed by atoms with Crippen molar-refractivity contribution in [2.24, 2.45) is 17.8 Å². The maximum absolute atomic E-state index is 14.3. The Bertz CT molecular complexity index is 857. The zero-order chi connectivity index (χ0) is 26.1. The fraction of sp³-hybridized carbons (Fsp3) is 0.741. The van der Waals surface area contributed by atoms with Gasteiger partial charge in [0.05, 0.1) is 24.2 Å². The van der Waals surface area contributed by atoms with E-state index in [-0.39, 0.29) is 37.0 Å². The first-order valence-corrected chi connectivity index (χ1v) is 12.9. The number of amides is 2. The van der Waals surface area contributed by atoms with Gasteiger partial charge in [0.2, 0.25) is 11.8 Å². The Morgan fingerprint density at radius 2 is 2.03 bits per heavy atom. The number of aliphatic hydroxyl groups excluding tert-OH is 1. The van der Waals surface area contributed by atoms with Crippen LogP contribution in [0.3, 0.4) is 0 Å². The van der Waals surface area contributed by atoms with Crippen LogP contribution in [0.4, 0.5) is 0 Å². The zero-order valence-corrected chi connectivity index (χ0v) is 21.9. The van der Waals surface area contributed by atoms with Crippen molar-refractivity contribution >= 4 is 17.8 Å². The predicted molar refractivity (Wildman–Crippen MR) is 132 cm³/mol. The van der Waals surface area contributed by atoms with Crippen LogP contribution in [-0.4, -0.2) is 81.8 Å². The third-order valence-electron chi connectivity index (χ3n) is 8.51. The van der Waals surface area contributed by atoms with Crippen LogP contribution < -0.4 is 0 Å². The summed E-state index contributed by atoms with van der Waals surface area (Å²) in [6, 6.07) is -1.55. The van der Waals surface area contributed by atoms with Gasteiger partial charge < -0.3 is 24.4 Å². The van der Waals surface area contributed by atoms with Crippen LogP contribution in [0, 0.1) is 17.8 Å². The lowest BCUT2D eigenvalue weighted by molar-refractivity contribution is -0.163. The summed E-state index contributed by atoms with van der Waals surface area (Å²) in [4.78, 5) is 45.0. The highest BCUT2D eigenvalue weighted by molar-refractivity contribution is 5.99. The number of ether oxygens (including phenoxy) is 2. The number of carbonyl (C=O) groups is 3. The van der Waals surface area contributed by atoms with Gasteiger partial charge in [-0.1, -0.05) is 45.9 Å². The maximum atomic E-state index is 14.3. The highest BCUT2D eigenvalue weighted by Gasteiger charge is 2.80. The first-order chi connectivity index (χ1) is 16.6. The molecule has 0 saturated carbocycles. The third kappa shape index (κ3) is 4.12. The molecule has 3 rings (SSSR count). The maximum Gasteiger partial charge on any atom is 0.313 e. The molecule has 8 nitrogen and oxygen atoms in total. The van der Waals surface area contributed by atoms with Crippen molar-refractivity contribution in [3.05, 3.63) is 25.3 Å². The molecule has 4 unspecified atom stereocenters. The average Bonchev–Trinajstić information content (AvgIpc) is 3.33. The molecule has 3 fully saturated rings. The lowest BCUT2D eigenvalue weighted by atomic mass is 9.62. The molecule has 2 amide bonds. The molecule has 35 heavy (non-hydrogen) atoms. The number of likely N-dealkylation sites (tertiary alicyclic amines) is 1. The highest BCUT2D eigenvalue weighted by Crippen LogP contribution is 2.65. The van der Waals surface area contributed by atoms with Crippen molar-refractivity contribution in [3.63, 3.8) is 0 Å². The number of esters is 1. The second-order valence-corrected chi connectivity index (χ2v) is 10.5. The van der Waals surface area contributed by atoms with Gasteiger partial charge in [-0.15, -0.1) is 6.58 Å². The zero-order valence-electron chi connectivity index (χ0n) is 21.9. The molecule has 3 saturated heterocycles. The summed E-state index contributed by atoms with van der Waals surface area (Å²) in [7, 11) is 0. The van der Waals surface area contributed by atoms with Crippen molar-refractivity contribution in [1.82, 2.24) is 9.80 Å². The molecule has 0 aromatic carbocycles. The number of nitrogens with zero attached hydrogens (tertiary/aromatic N) is 2. The van der Waals surface area contributed by atoms with Crippen molar-refractivity contribution in [1.29, 1.82) is 0 Å². The van der Waals surface area contributed by atoms with Gasteiger partial charge in [-0.05, 0) is 39.0 Å². The quantitative estimate of drug-likeness (QED) is 0.334. The van der Waals surface area contributed by atoms with Gasteiger partial charge in [0, 0.05) is 12.6 Å². The van der Waals surface area contributed by atoms with E-state index >= 15 is 0 Å². The van der Waals surface area contributed by atoms with Gasteiger partial charge in [-0.3, -0.25) is 14.4 Å². The van der Waals surface area contributed by atoms with Crippen molar-refractivity contribution in [2.45, 2.75) is 89.6 Å². The molecule has 8 heteroatoms. The second kappa shape index (κ2) is 10.4. The number of aliphatic hydroxyl groups is 1. The van der Waals surface area contributed by atoms with Crippen molar-refractivity contribution in [3.8, 4) is 0 Å². The molecule has 0 aliphatic carbocycles. The topological polar surface area (TPSA) is 96.4 Å². The van der Waals surface area contributed by atoms with Gasteiger partial charge in [-0.25, -0.2) is 0 Å². The molecule has 3 aliphatic heterocycles. The molecular formula is C27H42N2O6. The van der Waals surface area contributed by atoms with Crippen LogP contribution in [0.25, 0.3) is 0 Å². The number of hydrogen-bond donors (Lipinski definition) is 1. The molecule has 1 N–H and O–H groups in total. The molecule has 0 radical (unpaired) electrons. The third-order valence-corrected chi connectivity index (χ3v) is 8.51. The lowest BCUT2D eigenvalue weighted by Gasteiger charge is -2.41. The second-order valence-electron chi connectivity index (χ2n) is 10.5. The number of carbonyl (C=O) groups excluding carboxylic acids is 3. The summed E-state index contributed by atoms with van der Waals surface area (Å²) in [5.41, 5.74) is -2.09. The van der Waals surface area contributed by atoms with Gasteiger partial charge in [-0.2, -0.15) is 0 Å². The van der Waals surface area contributed by atoms with Gasteiger partial charge >= 0.3 is 5.97 Å². The predicted octanol–water partition coefficient (Wildman–Crippen LogP) is 2.70. The van der Waals surface area contributed by atoms with E-state index in [0.717, 1.165) is 12.8 Å². The van der Waals surface area contributed by atoms with E-state index in [2.05, 4.69) is 20.1 Å². The van der Waals surface area contributed by atoms with Crippen LogP contribution in [-0.2, 0) is 23.9 Å². The van der Waals surface area contributed by atoms with Crippen LogP contribution >= 0.6 is 0 Å². The van der Waals surface area contributed by atoms with Crippen LogP contribution in [0.15, 0.2) is 25.3 Å². The molecule has 1 spiro atoms. The van der Waals surface area contributed by atoms with E-state index < -0.39 is 41.1 Å². The van der Waals surface area contributed by atoms with E-state index in [9.17, 15) is 19.5 Å². The Kier molecular flexibility index (Phi) is 8.16. The van der Waals surface area contributed by atoms with Crippen molar-refractivity contribution in [2.75, 3.05) is 19.8 Å². The Balaban J connectivity index is 2.15. The largest absolute Gasteiger partial charge is 0.461 e. The average molecular weight is 491 g/mol. The standard InChI is InChI=1S/C27H42N2O6/c1-8-12-18(6)28(13-9-2)24(32)22-27-15-17(5)26(7,35-27)21(25(33)34-14-10-3)20(27)23(31)29(22)19(11-4)16-30/h9-10,17-22,30H,2-3,8,11-16H2,1,4-7H3/t17?,18?,19-,20-,21+,22?,26-,27?/m0/s1. The smallest absolute Gasteiger partial charge is 0.313 e. The van der Waals surface area contributed by atoms with Crippen LogP contribution in [0.2, 0.25) is 0 Å². The van der Waals surface area contributed by atoms with E-state index in [0.29, 0.717) is 19.4 Å². The van der Waals surface area contributed by atoms with Gasteiger partial charge in [0.25, 0.3) is 0 Å². The fourth-order valence-electron chi connectivity index (χ4n) is 6.71. The van der Waals surface area contributed by atoms with E-state index in [4.69, 9.17) is 9.47 Å². The molecule has 0 aromatic rings. The summed E-state index contributed by atoms with van der Waals surface area (Å²) >= 11 is 0. The van der Waals surface area contributed by atoms with E-state index in [1.165, 1.54) is 11.0 Å². The first-order valence-electron chi connectivity index (χ1n) is 12.9. The molecule has 0 aromatic heterocycles. The lowest BCUT2D eigenvalue weighted by Crippen LogP contribution is -2.60. The first kappa shape index (κ1) is 27.4. The van der Waals surface area contributed by atoms with E-state index in [1.54, 1.807) is 11.0 Å². The van der Waals surface area contributed by atoms with Crippen LogP contribution in [0.1, 0.15) is 60.3 Å². The van der Waals surface area contributed by atoms with Gasteiger partial charge in [0.15, 0.2) is 0 Å². The fourth-order valence-corrected chi connectivity index (χ4v) is 6.71. The summed E-state index contributed by atoms with van der Waals surface area (Å²) in [5.74, 6) is -2.80. The molecule has 2 bridgehead atoms. The molecule has 3 heterocycles. The monoisotopic (exact) mass is 490 g/mol. The summed E-state index contributed by atoms with van der Waals surface area (Å²) in [5, 5.41) is 10.2. The SMILES string of the molecule is C=CCOC(=O)[C@H]1[C@H]2C(=O)N([C@@H](CC)CO)C(C(=O)N(CC=C)C(C)CCC)C23CC(C)[C@]1(C)O3. The Morgan fingerprint density at radius 3 is 2.57 bits per heavy atom. The Morgan fingerprint density at radius 1 is 1.34 bits per heavy atom. The minimum Gasteiger partial charge on any atom is -0.461 e. The van der Waals surface area contributed by atoms with Crippen molar-refractivity contribution < 1.29 is 29.0 Å². The molecular weight excluding hydrogens is 448 g/mol. The normalized spacial score (nSPS) is 34.9. The minimum atomic E-state index is -1.16. The molecule has 8 atom stereocenters. The number of rotatable bonds is 12. The Labute approximate surface area is 209 Å². The van der Waals surface area contributed by atoms with Crippen LogP contribution in [0.5, 0.6) is 0 Å². The summed E-state index contributed by atoms with van der Waals surface area (Å²) in [6.45, 7) is 17.3. The molecule has 3 aliphatic rings. The highest BCUT2D eigenvalue weighted by atomic mass is 16.6. The minimum absolute atomic E-state index is 0.0373. The number of hydrogen-bond acceptors (Lipinski definition) is 6. The summed E-state index contributed by atoms with van der Waals surface area (Å²) in [6.07, 6.45) is 5.84. The Hall–Kier alpha value is -2.19. The van der Waals surface area contributed by atoms with E-state index in [1.807, 2.05) is 27.7 Å². The number of fused-ring (bicyclic) bond motifs is 1.